The van der Waals surface area contributed by atoms with Crippen LogP contribution in [0.25, 0.3) is 10.9 Å². The molecule has 84 valence electrons. The molecule has 3 heteroatoms. The van der Waals surface area contributed by atoms with E-state index in [9.17, 15) is 0 Å². The first-order valence-electron chi connectivity index (χ1n) is 5.67. The first-order chi connectivity index (χ1) is 7.68. The maximum absolute atomic E-state index is 3.69. The summed E-state index contributed by atoms with van der Waals surface area (Å²) in [5, 5.41) is 4.82. The summed E-state index contributed by atoms with van der Waals surface area (Å²) in [4.78, 5) is 0. The van der Waals surface area contributed by atoms with E-state index in [-0.39, 0.29) is 0 Å². The van der Waals surface area contributed by atoms with Crippen molar-refractivity contribution in [3.05, 3.63) is 33.4 Å². The summed E-state index contributed by atoms with van der Waals surface area (Å²) >= 11 is 3.69. The second kappa shape index (κ2) is 3.60. The minimum atomic E-state index is 0.932. The zero-order valence-electron chi connectivity index (χ0n) is 9.60. The molecule has 1 N–H and O–H groups in total. The fourth-order valence-corrected chi connectivity index (χ4v) is 3.47. The van der Waals surface area contributed by atoms with E-state index >= 15 is 0 Å². The topological polar surface area (TPSA) is 17.0 Å². The Morgan fingerprint density at radius 3 is 2.94 bits per heavy atom. The summed E-state index contributed by atoms with van der Waals surface area (Å²) in [5.74, 6) is 0. The van der Waals surface area contributed by atoms with Gasteiger partial charge in [0.2, 0.25) is 0 Å². The number of fused-ring (bicyclic) bond motifs is 3. The second-order valence-corrected chi connectivity index (χ2v) is 5.41. The molecule has 1 aliphatic heterocycles. The van der Waals surface area contributed by atoms with E-state index in [0.717, 1.165) is 19.6 Å². The molecule has 0 unspecified atom stereocenters. The summed E-state index contributed by atoms with van der Waals surface area (Å²) in [7, 11) is 0. The summed E-state index contributed by atoms with van der Waals surface area (Å²) in [6.07, 6.45) is 1.13. The van der Waals surface area contributed by atoms with Crippen LogP contribution >= 0.6 is 15.9 Å². The number of hydrogen-bond donors (Lipinski definition) is 1. The highest BCUT2D eigenvalue weighted by Crippen LogP contribution is 2.33. The Kier molecular flexibility index (Phi) is 2.33. The van der Waals surface area contributed by atoms with Gasteiger partial charge in [0, 0.05) is 28.5 Å². The first-order valence-corrected chi connectivity index (χ1v) is 6.46. The van der Waals surface area contributed by atoms with Gasteiger partial charge in [0.25, 0.3) is 0 Å². The van der Waals surface area contributed by atoms with Gasteiger partial charge in [0.15, 0.2) is 0 Å². The summed E-state index contributed by atoms with van der Waals surface area (Å²) in [6, 6.07) is 4.49. The minimum absolute atomic E-state index is 0.932. The van der Waals surface area contributed by atoms with Crippen LogP contribution in [0.4, 0.5) is 0 Å². The highest BCUT2D eigenvalue weighted by atomic mass is 79.9. The van der Waals surface area contributed by atoms with Crippen LogP contribution in [0.15, 0.2) is 16.6 Å². The highest BCUT2D eigenvalue weighted by Gasteiger charge is 2.18. The Balaban J connectivity index is 2.44. The molecule has 2 nitrogen and oxygen atoms in total. The number of benzene rings is 1. The fraction of sp³-hybridized carbons (Fsp3) is 0.385. The molecule has 0 saturated carbocycles. The third-order valence-corrected chi connectivity index (χ3v) is 4.05. The third kappa shape index (κ3) is 1.35. The second-order valence-electron chi connectivity index (χ2n) is 4.55. The highest BCUT2D eigenvalue weighted by molar-refractivity contribution is 9.10. The standard InChI is InChI=1S/C13H15BrN2/c1-8-5-10-9(2)12-3-4-15-7-16(12)13(10)11(14)6-8/h5-6,15H,3-4,7H2,1-2H3. The molecule has 0 atom stereocenters. The maximum atomic E-state index is 3.69. The molecular formula is C13H15BrN2. The molecule has 2 aromatic rings. The average Bonchev–Trinajstić information content (AvgIpc) is 2.54. The first kappa shape index (κ1) is 10.4. The van der Waals surface area contributed by atoms with Crippen LogP contribution < -0.4 is 5.32 Å². The van der Waals surface area contributed by atoms with Crippen molar-refractivity contribution >= 4 is 26.8 Å². The van der Waals surface area contributed by atoms with Gasteiger partial charge in [-0.05, 0) is 53.0 Å². The molecule has 0 saturated heterocycles. The van der Waals surface area contributed by atoms with Crippen LogP contribution in [-0.2, 0) is 13.1 Å². The molecular weight excluding hydrogens is 264 g/mol. The lowest BCUT2D eigenvalue weighted by Crippen LogP contribution is -2.28. The van der Waals surface area contributed by atoms with Crippen molar-refractivity contribution in [1.82, 2.24) is 9.88 Å². The van der Waals surface area contributed by atoms with E-state index in [4.69, 9.17) is 0 Å². The lowest BCUT2D eigenvalue weighted by Gasteiger charge is -2.18. The van der Waals surface area contributed by atoms with Gasteiger partial charge in [0.1, 0.15) is 0 Å². The van der Waals surface area contributed by atoms with E-state index < -0.39 is 0 Å². The number of rotatable bonds is 0. The van der Waals surface area contributed by atoms with Gasteiger partial charge in [-0.25, -0.2) is 0 Å². The van der Waals surface area contributed by atoms with Gasteiger partial charge >= 0.3 is 0 Å². The van der Waals surface area contributed by atoms with Crippen LogP contribution in [0.5, 0.6) is 0 Å². The SMILES string of the molecule is Cc1cc(Br)c2c(c1)c(C)c1n2CNCC1. The van der Waals surface area contributed by atoms with Crippen LogP contribution in [0.3, 0.4) is 0 Å². The third-order valence-electron chi connectivity index (χ3n) is 3.45. The van der Waals surface area contributed by atoms with Crippen molar-refractivity contribution in [2.45, 2.75) is 26.9 Å². The van der Waals surface area contributed by atoms with E-state index in [2.05, 4.69) is 51.8 Å². The number of aromatic nitrogens is 1. The quantitative estimate of drug-likeness (QED) is 0.784. The molecule has 0 fully saturated rings. The largest absolute Gasteiger partial charge is 0.330 e. The van der Waals surface area contributed by atoms with E-state index in [1.54, 1.807) is 0 Å². The van der Waals surface area contributed by atoms with E-state index in [1.807, 2.05) is 0 Å². The molecule has 16 heavy (non-hydrogen) atoms. The zero-order valence-corrected chi connectivity index (χ0v) is 11.2. The molecule has 0 aliphatic carbocycles. The molecule has 0 bridgehead atoms. The van der Waals surface area contributed by atoms with Crippen molar-refractivity contribution in [2.75, 3.05) is 6.54 Å². The fourth-order valence-electron chi connectivity index (χ4n) is 2.68. The Bertz CT molecular complexity index is 569. The predicted molar refractivity (Wildman–Crippen MR) is 70.8 cm³/mol. The Labute approximate surface area is 104 Å². The zero-order chi connectivity index (χ0) is 11.3. The van der Waals surface area contributed by atoms with Gasteiger partial charge in [-0.15, -0.1) is 0 Å². The van der Waals surface area contributed by atoms with E-state index in [0.29, 0.717) is 0 Å². The van der Waals surface area contributed by atoms with Crippen molar-refractivity contribution in [2.24, 2.45) is 0 Å². The number of nitrogens with zero attached hydrogens (tertiary/aromatic N) is 1. The number of nitrogens with one attached hydrogen (secondary N) is 1. The Morgan fingerprint density at radius 2 is 2.12 bits per heavy atom. The van der Waals surface area contributed by atoms with Gasteiger partial charge in [-0.2, -0.15) is 0 Å². The maximum Gasteiger partial charge on any atom is 0.0729 e. The van der Waals surface area contributed by atoms with Crippen molar-refractivity contribution in [1.29, 1.82) is 0 Å². The summed E-state index contributed by atoms with van der Waals surface area (Å²) < 4.78 is 3.61. The molecule has 1 aromatic heterocycles. The van der Waals surface area contributed by atoms with Crippen molar-refractivity contribution in [3.63, 3.8) is 0 Å². The van der Waals surface area contributed by atoms with Crippen LogP contribution in [-0.4, -0.2) is 11.1 Å². The monoisotopic (exact) mass is 278 g/mol. The van der Waals surface area contributed by atoms with Crippen LogP contribution in [0, 0.1) is 13.8 Å². The molecule has 2 heterocycles. The smallest absolute Gasteiger partial charge is 0.0729 e. The predicted octanol–water partition coefficient (Wildman–Crippen LogP) is 3.12. The van der Waals surface area contributed by atoms with Crippen LogP contribution in [0.2, 0.25) is 0 Å². The van der Waals surface area contributed by atoms with Gasteiger partial charge in [0.05, 0.1) is 12.2 Å². The van der Waals surface area contributed by atoms with Crippen molar-refractivity contribution in [3.8, 4) is 0 Å². The molecule has 1 aromatic carbocycles. The molecule has 0 amide bonds. The lowest BCUT2D eigenvalue weighted by atomic mass is 10.1. The summed E-state index contributed by atoms with van der Waals surface area (Å²) in [5.41, 5.74) is 5.59. The summed E-state index contributed by atoms with van der Waals surface area (Å²) in [6.45, 7) is 6.42. The van der Waals surface area contributed by atoms with Crippen molar-refractivity contribution < 1.29 is 0 Å². The molecule has 0 spiro atoms. The van der Waals surface area contributed by atoms with Crippen LogP contribution in [0.1, 0.15) is 16.8 Å². The van der Waals surface area contributed by atoms with Gasteiger partial charge in [-0.3, -0.25) is 5.32 Å². The minimum Gasteiger partial charge on any atom is -0.330 e. The molecule has 0 radical (unpaired) electrons. The van der Waals surface area contributed by atoms with Gasteiger partial charge in [-0.1, -0.05) is 0 Å². The average molecular weight is 279 g/mol. The van der Waals surface area contributed by atoms with Gasteiger partial charge < -0.3 is 4.57 Å². The number of halogens is 1. The molecule has 3 rings (SSSR count). The Morgan fingerprint density at radius 1 is 1.31 bits per heavy atom. The number of hydrogen-bond acceptors (Lipinski definition) is 1. The number of aryl methyl sites for hydroxylation is 2. The van der Waals surface area contributed by atoms with E-state index in [1.165, 1.54) is 32.2 Å². The normalized spacial score (nSPS) is 15.4. The lowest BCUT2D eigenvalue weighted by molar-refractivity contribution is 0.504. The Hall–Kier alpha value is -0.800. The molecule has 1 aliphatic rings.